The molecule has 1 aliphatic heterocycles. The van der Waals surface area contributed by atoms with Crippen LogP contribution in [0.2, 0.25) is 0 Å². The van der Waals surface area contributed by atoms with Gasteiger partial charge in [0.25, 0.3) is 0 Å². The van der Waals surface area contributed by atoms with Gasteiger partial charge in [-0.3, -0.25) is 14.8 Å². The van der Waals surface area contributed by atoms with E-state index < -0.39 is 6.09 Å². The number of carbonyl (C=O) groups excluding carboxylic acids is 3. The zero-order chi connectivity index (χ0) is 22.3. The Kier molecular flexibility index (Phi) is 7.94. The summed E-state index contributed by atoms with van der Waals surface area (Å²) < 4.78 is 4.12. The van der Waals surface area contributed by atoms with E-state index >= 15 is 0 Å². The third kappa shape index (κ3) is 5.99. The first kappa shape index (κ1) is 23.1. The standard InChI is InChI=1S/C21H25N3O5S2/c1-29-20(27)22-13-19(26)23-15-6-4-5-14(11-15)16-7-8-17(31-16)21(12-18(25)24-28)9-2-3-10-30-21/h4-8,11,28H,2-3,9-10,12-13H2,1H3,(H,22,27)(H,23,26)(H,24,25)/t21-/m0/s1. The molecule has 0 saturated carbocycles. The van der Waals surface area contributed by atoms with E-state index in [1.165, 1.54) is 7.11 Å². The van der Waals surface area contributed by atoms with Crippen molar-refractivity contribution in [1.82, 2.24) is 10.8 Å². The van der Waals surface area contributed by atoms with Gasteiger partial charge in [-0.1, -0.05) is 18.6 Å². The molecule has 0 bridgehead atoms. The van der Waals surface area contributed by atoms with Crippen molar-refractivity contribution in [3.8, 4) is 10.4 Å². The van der Waals surface area contributed by atoms with Crippen molar-refractivity contribution in [3.63, 3.8) is 0 Å². The molecule has 4 N–H and O–H groups in total. The fourth-order valence-electron chi connectivity index (χ4n) is 3.49. The van der Waals surface area contributed by atoms with E-state index in [4.69, 9.17) is 5.21 Å². The molecule has 8 nitrogen and oxygen atoms in total. The van der Waals surface area contributed by atoms with Crippen molar-refractivity contribution < 1.29 is 24.3 Å². The number of ether oxygens (including phenoxy) is 1. The van der Waals surface area contributed by atoms with E-state index in [0.29, 0.717) is 5.69 Å². The quantitative estimate of drug-likeness (QED) is 0.367. The summed E-state index contributed by atoms with van der Waals surface area (Å²) in [7, 11) is 1.23. The first-order valence-corrected chi connectivity index (χ1v) is 11.7. The molecule has 0 spiro atoms. The van der Waals surface area contributed by atoms with Gasteiger partial charge in [0.2, 0.25) is 11.8 Å². The summed E-state index contributed by atoms with van der Waals surface area (Å²) in [6, 6.07) is 11.5. The van der Waals surface area contributed by atoms with Crippen LogP contribution in [0.1, 0.15) is 30.6 Å². The largest absolute Gasteiger partial charge is 0.453 e. The van der Waals surface area contributed by atoms with Crippen LogP contribution in [-0.4, -0.2) is 42.5 Å². The van der Waals surface area contributed by atoms with Gasteiger partial charge in [-0.2, -0.15) is 0 Å². The molecular weight excluding hydrogens is 438 g/mol. The normalized spacial score (nSPS) is 18.1. The van der Waals surface area contributed by atoms with Gasteiger partial charge in [0.15, 0.2) is 0 Å². The number of thioether (sulfide) groups is 1. The van der Waals surface area contributed by atoms with Crippen LogP contribution in [0.3, 0.4) is 0 Å². The highest BCUT2D eigenvalue weighted by Crippen LogP contribution is 2.50. The number of hydrogen-bond donors (Lipinski definition) is 4. The number of alkyl carbamates (subject to hydrolysis) is 1. The van der Waals surface area contributed by atoms with Gasteiger partial charge in [-0.25, -0.2) is 10.3 Å². The SMILES string of the molecule is COC(=O)NCC(=O)Nc1cccc(-c2ccc([C@@]3(CC(=O)NO)CCCCS3)s2)c1. The molecule has 10 heteroatoms. The second kappa shape index (κ2) is 10.7. The zero-order valence-electron chi connectivity index (χ0n) is 17.1. The number of amides is 3. The number of thiophene rings is 1. The smallest absolute Gasteiger partial charge is 0.407 e. The molecule has 1 aromatic heterocycles. The summed E-state index contributed by atoms with van der Waals surface area (Å²) in [5.41, 5.74) is 3.33. The topological polar surface area (TPSA) is 117 Å². The van der Waals surface area contributed by atoms with Crippen molar-refractivity contribution in [2.24, 2.45) is 0 Å². The van der Waals surface area contributed by atoms with Gasteiger partial charge in [0.1, 0.15) is 6.54 Å². The van der Waals surface area contributed by atoms with Crippen LogP contribution in [0.15, 0.2) is 36.4 Å². The number of rotatable bonds is 7. The Hall–Kier alpha value is -2.56. The van der Waals surface area contributed by atoms with Gasteiger partial charge < -0.3 is 15.4 Å². The number of hydrogen-bond acceptors (Lipinski definition) is 7. The lowest BCUT2D eigenvalue weighted by Crippen LogP contribution is -2.32. The molecule has 3 rings (SSSR count). The molecule has 2 heterocycles. The molecule has 31 heavy (non-hydrogen) atoms. The van der Waals surface area contributed by atoms with E-state index in [9.17, 15) is 14.4 Å². The average molecular weight is 464 g/mol. The molecule has 1 aliphatic rings. The van der Waals surface area contributed by atoms with Crippen molar-refractivity contribution in [1.29, 1.82) is 0 Å². The summed E-state index contributed by atoms with van der Waals surface area (Å²) in [6.45, 7) is -0.188. The maximum atomic E-state index is 12.0. The fraction of sp³-hybridized carbons (Fsp3) is 0.381. The molecule has 1 atom stereocenters. The molecule has 1 aromatic carbocycles. The van der Waals surface area contributed by atoms with Gasteiger partial charge in [-0.05, 0) is 48.4 Å². The van der Waals surface area contributed by atoms with Gasteiger partial charge in [-0.15, -0.1) is 23.1 Å². The van der Waals surface area contributed by atoms with Gasteiger partial charge in [0.05, 0.1) is 11.9 Å². The first-order valence-electron chi connectivity index (χ1n) is 9.85. The Morgan fingerprint density at radius 2 is 2.00 bits per heavy atom. The third-order valence-electron chi connectivity index (χ3n) is 4.99. The molecule has 1 fully saturated rings. The number of nitrogens with one attached hydrogen (secondary N) is 3. The van der Waals surface area contributed by atoms with Crippen LogP contribution >= 0.6 is 23.1 Å². The fourth-order valence-corrected chi connectivity index (χ4v) is 6.38. The average Bonchev–Trinajstić information content (AvgIpc) is 3.29. The predicted molar refractivity (Wildman–Crippen MR) is 121 cm³/mol. The van der Waals surface area contributed by atoms with Gasteiger partial charge >= 0.3 is 6.09 Å². The Morgan fingerprint density at radius 3 is 2.71 bits per heavy atom. The highest BCUT2D eigenvalue weighted by atomic mass is 32.2. The van der Waals surface area contributed by atoms with E-state index in [2.05, 4.69) is 21.4 Å². The van der Waals surface area contributed by atoms with E-state index in [1.54, 1.807) is 34.6 Å². The molecule has 0 aliphatic carbocycles. The predicted octanol–water partition coefficient (Wildman–Crippen LogP) is 3.72. The number of anilines is 1. The highest BCUT2D eigenvalue weighted by Gasteiger charge is 2.38. The van der Waals surface area contributed by atoms with Crippen LogP contribution in [0, 0.1) is 0 Å². The Labute approximate surface area is 188 Å². The van der Waals surface area contributed by atoms with Crippen molar-refractivity contribution in [2.45, 2.75) is 30.4 Å². The van der Waals surface area contributed by atoms with Crippen LogP contribution in [-0.2, 0) is 19.1 Å². The summed E-state index contributed by atoms with van der Waals surface area (Å²) in [5, 5.41) is 14.1. The van der Waals surface area contributed by atoms with Crippen molar-refractivity contribution >= 4 is 46.7 Å². The Morgan fingerprint density at radius 1 is 1.16 bits per heavy atom. The Balaban J connectivity index is 1.75. The van der Waals surface area contributed by atoms with Crippen LogP contribution in [0.5, 0.6) is 0 Å². The van der Waals surface area contributed by atoms with Crippen LogP contribution in [0.25, 0.3) is 10.4 Å². The van der Waals surface area contributed by atoms with E-state index in [-0.39, 0.29) is 29.5 Å². The number of hydroxylamine groups is 1. The second-order valence-electron chi connectivity index (χ2n) is 7.15. The molecule has 3 amide bonds. The number of carbonyl (C=O) groups is 3. The lowest BCUT2D eigenvalue weighted by Gasteiger charge is -2.35. The Bertz CT molecular complexity index is 941. The van der Waals surface area contributed by atoms with Crippen molar-refractivity contribution in [3.05, 3.63) is 41.3 Å². The van der Waals surface area contributed by atoms with E-state index in [1.807, 2.05) is 24.3 Å². The van der Waals surface area contributed by atoms with Crippen molar-refractivity contribution in [2.75, 3.05) is 24.7 Å². The molecule has 0 radical (unpaired) electrons. The van der Waals surface area contributed by atoms with Crippen LogP contribution < -0.4 is 16.1 Å². The zero-order valence-corrected chi connectivity index (χ0v) is 18.7. The third-order valence-corrected chi connectivity index (χ3v) is 8.07. The molecule has 1 saturated heterocycles. The van der Waals surface area contributed by atoms with E-state index in [0.717, 1.165) is 40.3 Å². The second-order valence-corrected chi connectivity index (χ2v) is 9.71. The maximum absolute atomic E-state index is 12.0. The maximum Gasteiger partial charge on any atom is 0.407 e. The summed E-state index contributed by atoms with van der Waals surface area (Å²) >= 11 is 3.39. The molecule has 0 unspecified atom stereocenters. The number of benzene rings is 1. The first-order chi connectivity index (χ1) is 15.0. The highest BCUT2D eigenvalue weighted by molar-refractivity contribution is 8.00. The number of methoxy groups -OCH3 is 1. The lowest BCUT2D eigenvalue weighted by molar-refractivity contribution is -0.129. The monoisotopic (exact) mass is 463 g/mol. The summed E-state index contributed by atoms with van der Waals surface area (Å²) in [6.07, 6.45) is 2.61. The minimum atomic E-state index is -0.667. The molecule has 2 aromatic rings. The lowest BCUT2D eigenvalue weighted by atomic mass is 9.94. The minimum Gasteiger partial charge on any atom is -0.453 e. The molecule has 166 valence electrons. The summed E-state index contributed by atoms with van der Waals surface area (Å²) in [4.78, 5) is 37.2. The summed E-state index contributed by atoms with van der Waals surface area (Å²) in [5.74, 6) is 0.240. The minimum absolute atomic E-state index is 0.188. The molecular formula is C21H25N3O5S2. The van der Waals surface area contributed by atoms with Crippen LogP contribution in [0.4, 0.5) is 10.5 Å². The van der Waals surface area contributed by atoms with Gasteiger partial charge in [0, 0.05) is 21.9 Å².